The topological polar surface area (TPSA) is 101 Å². The van der Waals surface area contributed by atoms with Crippen molar-refractivity contribution in [1.82, 2.24) is 10.3 Å². The van der Waals surface area contributed by atoms with Crippen molar-refractivity contribution in [2.75, 3.05) is 25.1 Å². The highest BCUT2D eigenvalue weighted by molar-refractivity contribution is 5.92. The number of pyridine rings is 1. The number of carboxylic acids is 1. The summed E-state index contributed by atoms with van der Waals surface area (Å²) < 4.78 is 5.38. The van der Waals surface area contributed by atoms with Gasteiger partial charge in [-0.1, -0.05) is 0 Å². The Kier molecular flexibility index (Phi) is 4.89. The Hall–Kier alpha value is -2.15. The lowest BCUT2D eigenvalue weighted by Gasteiger charge is -2.08. The van der Waals surface area contributed by atoms with Crippen molar-refractivity contribution in [2.24, 2.45) is 5.92 Å². The van der Waals surface area contributed by atoms with Crippen molar-refractivity contribution in [2.45, 2.75) is 12.8 Å². The maximum absolute atomic E-state index is 11.5. The van der Waals surface area contributed by atoms with E-state index in [0.29, 0.717) is 24.8 Å². The van der Waals surface area contributed by atoms with Crippen molar-refractivity contribution in [1.29, 1.82) is 0 Å². The van der Waals surface area contributed by atoms with Crippen LogP contribution in [0.2, 0.25) is 0 Å². The number of nitrogens with one attached hydrogen (secondary N) is 2. The first-order chi connectivity index (χ1) is 9.65. The summed E-state index contributed by atoms with van der Waals surface area (Å²) in [6.45, 7) is 1.63. The SMILES string of the molecule is O=C(NCCOCC1CC1)Nc1cncc(C(=O)O)c1. The number of carbonyl (C=O) groups is 2. The highest BCUT2D eigenvalue weighted by atomic mass is 16.5. The van der Waals surface area contributed by atoms with E-state index in [1.807, 2.05) is 0 Å². The molecule has 2 rings (SSSR count). The second-order valence-electron chi connectivity index (χ2n) is 4.67. The zero-order chi connectivity index (χ0) is 14.4. The number of carboxylic acid groups (broad SMARTS) is 1. The van der Waals surface area contributed by atoms with Crippen LogP contribution in [0.25, 0.3) is 0 Å². The third-order valence-corrected chi connectivity index (χ3v) is 2.83. The smallest absolute Gasteiger partial charge is 0.337 e. The second-order valence-corrected chi connectivity index (χ2v) is 4.67. The Morgan fingerprint density at radius 1 is 1.40 bits per heavy atom. The molecule has 7 nitrogen and oxygen atoms in total. The van der Waals surface area contributed by atoms with E-state index in [0.717, 1.165) is 6.61 Å². The summed E-state index contributed by atoms with van der Waals surface area (Å²) in [6, 6.07) is 0.933. The molecule has 0 bridgehead atoms. The van der Waals surface area contributed by atoms with E-state index in [1.165, 1.54) is 31.3 Å². The quantitative estimate of drug-likeness (QED) is 0.654. The molecule has 0 saturated heterocycles. The maximum Gasteiger partial charge on any atom is 0.337 e. The van der Waals surface area contributed by atoms with E-state index >= 15 is 0 Å². The van der Waals surface area contributed by atoms with Crippen LogP contribution >= 0.6 is 0 Å². The standard InChI is InChI=1S/C13H17N3O4/c17-12(18)10-5-11(7-14-6-10)16-13(19)15-3-4-20-8-9-1-2-9/h5-7,9H,1-4,8H2,(H,17,18)(H2,15,16,19). The minimum atomic E-state index is -1.09. The molecule has 0 unspecified atom stereocenters. The maximum atomic E-state index is 11.5. The lowest BCUT2D eigenvalue weighted by Crippen LogP contribution is -2.31. The van der Waals surface area contributed by atoms with Crippen LogP contribution in [0.15, 0.2) is 18.5 Å². The third kappa shape index (κ3) is 4.85. The van der Waals surface area contributed by atoms with Crippen LogP contribution in [0.5, 0.6) is 0 Å². The number of urea groups is 1. The lowest BCUT2D eigenvalue weighted by atomic mass is 10.3. The molecule has 1 saturated carbocycles. The fourth-order valence-corrected chi connectivity index (χ4v) is 1.57. The first-order valence-electron chi connectivity index (χ1n) is 6.46. The first-order valence-corrected chi connectivity index (χ1v) is 6.46. The Bertz CT molecular complexity index is 488. The number of carbonyl (C=O) groups excluding carboxylic acids is 1. The van der Waals surface area contributed by atoms with Crippen molar-refractivity contribution >= 4 is 17.7 Å². The molecule has 1 aromatic rings. The van der Waals surface area contributed by atoms with Crippen LogP contribution in [-0.4, -0.2) is 41.8 Å². The number of ether oxygens (including phenoxy) is 1. The molecule has 3 N–H and O–H groups in total. The number of hydrogen-bond acceptors (Lipinski definition) is 4. The zero-order valence-electron chi connectivity index (χ0n) is 11.0. The summed E-state index contributed by atoms with van der Waals surface area (Å²) in [5.41, 5.74) is 0.358. The van der Waals surface area contributed by atoms with Gasteiger partial charge in [0, 0.05) is 19.3 Å². The van der Waals surface area contributed by atoms with E-state index in [9.17, 15) is 9.59 Å². The average molecular weight is 279 g/mol. The minimum Gasteiger partial charge on any atom is -0.478 e. The van der Waals surface area contributed by atoms with Gasteiger partial charge in [0.05, 0.1) is 24.1 Å². The normalized spacial score (nSPS) is 13.8. The molecule has 1 aliphatic rings. The van der Waals surface area contributed by atoms with E-state index in [2.05, 4.69) is 15.6 Å². The predicted octanol–water partition coefficient (Wildman–Crippen LogP) is 1.33. The van der Waals surface area contributed by atoms with Crippen molar-refractivity contribution in [3.63, 3.8) is 0 Å². The molecular formula is C13H17N3O4. The summed E-state index contributed by atoms with van der Waals surface area (Å²) >= 11 is 0. The van der Waals surface area contributed by atoms with Gasteiger partial charge in [0.2, 0.25) is 0 Å². The summed E-state index contributed by atoms with van der Waals surface area (Å²) in [6.07, 6.45) is 5.08. The number of aromatic nitrogens is 1. The van der Waals surface area contributed by atoms with Gasteiger partial charge < -0.3 is 20.5 Å². The predicted molar refractivity (Wildman–Crippen MR) is 71.8 cm³/mol. The molecule has 108 valence electrons. The highest BCUT2D eigenvalue weighted by Crippen LogP contribution is 2.28. The molecule has 2 amide bonds. The van der Waals surface area contributed by atoms with Crippen LogP contribution in [0.1, 0.15) is 23.2 Å². The van der Waals surface area contributed by atoms with E-state index in [-0.39, 0.29) is 5.56 Å². The number of aromatic carboxylic acids is 1. The Balaban J connectivity index is 1.67. The largest absolute Gasteiger partial charge is 0.478 e. The molecular weight excluding hydrogens is 262 g/mol. The molecule has 0 aliphatic heterocycles. The van der Waals surface area contributed by atoms with Crippen molar-refractivity contribution in [3.05, 3.63) is 24.0 Å². The van der Waals surface area contributed by atoms with Crippen LogP contribution in [-0.2, 0) is 4.74 Å². The van der Waals surface area contributed by atoms with E-state index in [1.54, 1.807) is 0 Å². The van der Waals surface area contributed by atoms with Gasteiger partial charge in [-0.3, -0.25) is 4.98 Å². The van der Waals surface area contributed by atoms with Crippen LogP contribution in [0, 0.1) is 5.92 Å². The molecule has 0 spiro atoms. The van der Waals surface area contributed by atoms with Crippen LogP contribution in [0.3, 0.4) is 0 Å². The summed E-state index contributed by atoms with van der Waals surface area (Å²) in [7, 11) is 0. The number of nitrogens with zero attached hydrogens (tertiary/aromatic N) is 1. The Morgan fingerprint density at radius 2 is 2.20 bits per heavy atom. The average Bonchev–Trinajstić information content (AvgIpc) is 3.22. The fraction of sp³-hybridized carbons (Fsp3) is 0.462. The number of anilines is 1. The molecule has 1 fully saturated rings. The van der Waals surface area contributed by atoms with Gasteiger partial charge in [-0.2, -0.15) is 0 Å². The van der Waals surface area contributed by atoms with Crippen molar-refractivity contribution in [3.8, 4) is 0 Å². The molecule has 1 heterocycles. The summed E-state index contributed by atoms with van der Waals surface area (Å²) in [5.74, 6) is -0.385. The third-order valence-electron chi connectivity index (χ3n) is 2.83. The fourth-order valence-electron chi connectivity index (χ4n) is 1.57. The molecule has 0 aromatic carbocycles. The number of rotatable bonds is 7. The summed E-state index contributed by atoms with van der Waals surface area (Å²) in [4.78, 5) is 26.1. The molecule has 7 heteroatoms. The Morgan fingerprint density at radius 3 is 2.90 bits per heavy atom. The van der Waals surface area contributed by atoms with Crippen LogP contribution < -0.4 is 10.6 Å². The lowest BCUT2D eigenvalue weighted by molar-refractivity contribution is 0.0696. The highest BCUT2D eigenvalue weighted by Gasteiger charge is 2.20. The van der Waals surface area contributed by atoms with Crippen LogP contribution in [0.4, 0.5) is 10.5 Å². The van der Waals surface area contributed by atoms with Gasteiger partial charge in [-0.05, 0) is 24.8 Å². The molecule has 0 radical (unpaired) electrons. The molecule has 1 aromatic heterocycles. The van der Waals surface area contributed by atoms with Gasteiger partial charge in [0.1, 0.15) is 0 Å². The Labute approximate surface area is 116 Å². The molecule has 20 heavy (non-hydrogen) atoms. The van der Waals surface area contributed by atoms with Gasteiger partial charge >= 0.3 is 12.0 Å². The van der Waals surface area contributed by atoms with Gasteiger partial charge in [-0.15, -0.1) is 0 Å². The monoisotopic (exact) mass is 279 g/mol. The van der Waals surface area contributed by atoms with E-state index in [4.69, 9.17) is 9.84 Å². The zero-order valence-corrected chi connectivity index (χ0v) is 11.0. The number of hydrogen-bond donors (Lipinski definition) is 3. The minimum absolute atomic E-state index is 0.0237. The molecule has 0 atom stereocenters. The van der Waals surface area contributed by atoms with E-state index < -0.39 is 12.0 Å². The van der Waals surface area contributed by atoms with Gasteiger partial charge in [-0.25, -0.2) is 9.59 Å². The summed E-state index contributed by atoms with van der Waals surface area (Å²) in [5, 5.41) is 14.0. The van der Waals surface area contributed by atoms with Crippen molar-refractivity contribution < 1.29 is 19.4 Å². The van der Waals surface area contributed by atoms with Gasteiger partial charge in [0.15, 0.2) is 0 Å². The van der Waals surface area contributed by atoms with Gasteiger partial charge in [0.25, 0.3) is 0 Å². The first kappa shape index (κ1) is 14.3. The molecule has 1 aliphatic carbocycles. The second kappa shape index (κ2) is 6.85. The number of amides is 2.